The molecule has 0 radical (unpaired) electrons. The molecule has 1 rings (SSSR count). The molecule has 0 aliphatic carbocycles. The maximum absolute atomic E-state index is 11.3. The van der Waals surface area contributed by atoms with E-state index in [1.807, 2.05) is 32.9 Å². The molecule has 0 bridgehead atoms. The van der Waals surface area contributed by atoms with Crippen LogP contribution in [0.3, 0.4) is 0 Å². The van der Waals surface area contributed by atoms with Gasteiger partial charge >= 0.3 is 0 Å². The summed E-state index contributed by atoms with van der Waals surface area (Å²) in [6.07, 6.45) is 0. The van der Waals surface area contributed by atoms with Crippen LogP contribution in [0.5, 0.6) is 5.75 Å². The maximum Gasteiger partial charge on any atom is 0.258 e. The summed E-state index contributed by atoms with van der Waals surface area (Å²) in [6.45, 7) is 6.17. The predicted molar refractivity (Wildman–Crippen MR) is 66.2 cm³/mol. The molecule has 0 atom stereocenters. The summed E-state index contributed by atoms with van der Waals surface area (Å²) in [5.41, 5.74) is 3.36. The van der Waals surface area contributed by atoms with Gasteiger partial charge in [0.15, 0.2) is 6.61 Å². The van der Waals surface area contributed by atoms with Crippen LogP contribution >= 0.6 is 0 Å². The molecule has 0 aliphatic rings. The Balaban J connectivity index is 2.57. The van der Waals surface area contributed by atoms with Crippen LogP contribution in [-0.4, -0.2) is 30.8 Å². The Kier molecular flexibility index (Phi) is 4.97. The second-order valence-corrected chi connectivity index (χ2v) is 4.06. The number of ether oxygens (including phenoxy) is 1. The number of nitrogens with one attached hydrogen (secondary N) is 1. The third kappa shape index (κ3) is 4.07. The SMILES string of the molecule is Cc1cc(C)c(OCC(=O)NCCO)cc1C. The Morgan fingerprint density at radius 2 is 1.88 bits per heavy atom. The van der Waals surface area contributed by atoms with Crippen molar-refractivity contribution in [1.82, 2.24) is 5.32 Å². The number of carbonyl (C=O) groups is 1. The van der Waals surface area contributed by atoms with Crippen molar-refractivity contribution >= 4 is 5.91 Å². The molecule has 17 heavy (non-hydrogen) atoms. The third-order valence-electron chi connectivity index (χ3n) is 2.58. The number of amides is 1. The Labute approximate surface area is 102 Å². The van der Waals surface area contributed by atoms with Gasteiger partial charge < -0.3 is 15.2 Å². The minimum atomic E-state index is -0.225. The van der Waals surface area contributed by atoms with E-state index >= 15 is 0 Å². The Bertz CT molecular complexity index is 402. The number of hydrogen-bond donors (Lipinski definition) is 2. The van der Waals surface area contributed by atoms with E-state index < -0.39 is 0 Å². The highest BCUT2D eigenvalue weighted by molar-refractivity contribution is 5.77. The molecule has 0 aromatic heterocycles. The van der Waals surface area contributed by atoms with Gasteiger partial charge in [-0.25, -0.2) is 0 Å². The van der Waals surface area contributed by atoms with Crippen LogP contribution in [0.15, 0.2) is 12.1 Å². The van der Waals surface area contributed by atoms with E-state index in [9.17, 15) is 4.79 Å². The van der Waals surface area contributed by atoms with E-state index in [2.05, 4.69) is 5.32 Å². The van der Waals surface area contributed by atoms with Gasteiger partial charge in [-0.05, 0) is 43.5 Å². The lowest BCUT2D eigenvalue weighted by molar-refractivity contribution is -0.123. The Morgan fingerprint density at radius 1 is 1.24 bits per heavy atom. The molecule has 0 spiro atoms. The van der Waals surface area contributed by atoms with Crippen LogP contribution in [0.25, 0.3) is 0 Å². The summed E-state index contributed by atoms with van der Waals surface area (Å²) in [4.78, 5) is 11.3. The van der Waals surface area contributed by atoms with Gasteiger partial charge in [0.25, 0.3) is 5.91 Å². The zero-order valence-corrected chi connectivity index (χ0v) is 10.5. The van der Waals surface area contributed by atoms with E-state index in [4.69, 9.17) is 9.84 Å². The van der Waals surface area contributed by atoms with E-state index in [0.29, 0.717) is 0 Å². The predicted octanol–water partition coefficient (Wildman–Crippen LogP) is 1.10. The number of aliphatic hydroxyl groups is 1. The normalized spacial score (nSPS) is 10.1. The minimum absolute atomic E-state index is 0.0245. The highest BCUT2D eigenvalue weighted by Gasteiger charge is 2.06. The summed E-state index contributed by atoms with van der Waals surface area (Å²) in [5.74, 6) is 0.504. The lowest BCUT2D eigenvalue weighted by Gasteiger charge is -2.11. The van der Waals surface area contributed by atoms with Crippen LogP contribution < -0.4 is 10.1 Å². The van der Waals surface area contributed by atoms with Gasteiger partial charge in [-0.15, -0.1) is 0 Å². The van der Waals surface area contributed by atoms with Crippen LogP contribution in [-0.2, 0) is 4.79 Å². The van der Waals surface area contributed by atoms with Gasteiger partial charge in [-0.1, -0.05) is 6.07 Å². The smallest absolute Gasteiger partial charge is 0.258 e. The van der Waals surface area contributed by atoms with Gasteiger partial charge in [0.2, 0.25) is 0 Å². The maximum atomic E-state index is 11.3. The molecule has 0 aliphatic heterocycles. The van der Waals surface area contributed by atoms with E-state index in [1.165, 1.54) is 5.56 Å². The summed E-state index contributed by atoms with van der Waals surface area (Å²) < 4.78 is 5.44. The number of benzene rings is 1. The van der Waals surface area contributed by atoms with Crippen molar-refractivity contribution in [2.75, 3.05) is 19.8 Å². The zero-order valence-electron chi connectivity index (χ0n) is 10.5. The van der Waals surface area contributed by atoms with Crippen molar-refractivity contribution in [3.05, 3.63) is 28.8 Å². The van der Waals surface area contributed by atoms with Crippen molar-refractivity contribution < 1.29 is 14.6 Å². The highest BCUT2D eigenvalue weighted by Crippen LogP contribution is 2.22. The van der Waals surface area contributed by atoms with Gasteiger partial charge in [0.05, 0.1) is 6.61 Å². The molecular formula is C13H19NO3. The van der Waals surface area contributed by atoms with Crippen molar-refractivity contribution in [2.45, 2.75) is 20.8 Å². The van der Waals surface area contributed by atoms with E-state index in [-0.39, 0.29) is 25.7 Å². The fourth-order valence-corrected chi connectivity index (χ4v) is 1.48. The van der Waals surface area contributed by atoms with Crippen LogP contribution in [0.2, 0.25) is 0 Å². The summed E-state index contributed by atoms with van der Waals surface area (Å²) in [6, 6.07) is 3.97. The number of hydrogen-bond acceptors (Lipinski definition) is 3. The van der Waals surface area contributed by atoms with Crippen LogP contribution in [0.1, 0.15) is 16.7 Å². The number of rotatable bonds is 5. The molecule has 4 heteroatoms. The molecule has 1 aromatic rings. The molecule has 1 amide bonds. The fraction of sp³-hybridized carbons (Fsp3) is 0.462. The quantitative estimate of drug-likeness (QED) is 0.806. The molecule has 1 aromatic carbocycles. The Hall–Kier alpha value is -1.55. The highest BCUT2D eigenvalue weighted by atomic mass is 16.5. The largest absolute Gasteiger partial charge is 0.483 e. The van der Waals surface area contributed by atoms with Crippen molar-refractivity contribution in [2.24, 2.45) is 0 Å². The molecule has 0 saturated carbocycles. The standard InChI is InChI=1S/C13H19NO3/c1-9-6-11(3)12(7-10(9)2)17-8-13(16)14-4-5-15/h6-7,15H,4-5,8H2,1-3H3,(H,14,16). The zero-order chi connectivity index (χ0) is 12.8. The first kappa shape index (κ1) is 13.5. The molecule has 4 nitrogen and oxygen atoms in total. The topological polar surface area (TPSA) is 58.6 Å². The van der Waals surface area contributed by atoms with E-state index in [1.54, 1.807) is 0 Å². The molecular weight excluding hydrogens is 218 g/mol. The van der Waals surface area contributed by atoms with E-state index in [0.717, 1.165) is 16.9 Å². The van der Waals surface area contributed by atoms with Crippen LogP contribution in [0, 0.1) is 20.8 Å². The van der Waals surface area contributed by atoms with Crippen LogP contribution in [0.4, 0.5) is 0 Å². The number of carbonyl (C=O) groups excluding carboxylic acids is 1. The average Bonchev–Trinajstić information content (AvgIpc) is 2.29. The first-order valence-electron chi connectivity index (χ1n) is 5.62. The first-order chi connectivity index (χ1) is 8.04. The third-order valence-corrected chi connectivity index (χ3v) is 2.58. The molecule has 94 valence electrons. The summed E-state index contributed by atoms with van der Waals surface area (Å²) in [7, 11) is 0. The molecule has 0 saturated heterocycles. The van der Waals surface area contributed by atoms with Gasteiger partial charge in [0, 0.05) is 6.54 Å². The van der Waals surface area contributed by atoms with Crippen molar-refractivity contribution in [3.8, 4) is 5.75 Å². The lowest BCUT2D eigenvalue weighted by Crippen LogP contribution is -2.31. The first-order valence-corrected chi connectivity index (χ1v) is 5.62. The van der Waals surface area contributed by atoms with Gasteiger partial charge in [-0.3, -0.25) is 4.79 Å². The second-order valence-electron chi connectivity index (χ2n) is 4.06. The van der Waals surface area contributed by atoms with Crippen molar-refractivity contribution in [1.29, 1.82) is 0 Å². The molecule has 0 unspecified atom stereocenters. The minimum Gasteiger partial charge on any atom is -0.483 e. The molecule has 0 fully saturated rings. The lowest BCUT2D eigenvalue weighted by atomic mass is 10.1. The number of aryl methyl sites for hydroxylation is 3. The fourth-order valence-electron chi connectivity index (χ4n) is 1.48. The van der Waals surface area contributed by atoms with Gasteiger partial charge in [-0.2, -0.15) is 0 Å². The van der Waals surface area contributed by atoms with Gasteiger partial charge in [0.1, 0.15) is 5.75 Å². The summed E-state index contributed by atoms with van der Waals surface area (Å²) in [5, 5.41) is 11.1. The second kappa shape index (κ2) is 6.25. The van der Waals surface area contributed by atoms with Crippen molar-refractivity contribution in [3.63, 3.8) is 0 Å². The average molecular weight is 237 g/mol. The monoisotopic (exact) mass is 237 g/mol. The number of aliphatic hydroxyl groups excluding tert-OH is 1. The Morgan fingerprint density at radius 3 is 2.53 bits per heavy atom. The molecule has 2 N–H and O–H groups in total. The molecule has 0 heterocycles. The summed E-state index contributed by atoms with van der Waals surface area (Å²) >= 11 is 0.